The van der Waals surface area contributed by atoms with Crippen LogP contribution in [0.15, 0.2) is 42.5 Å². The molecule has 0 saturated heterocycles. The van der Waals surface area contributed by atoms with Crippen LogP contribution in [0, 0.1) is 0 Å². The Hall–Kier alpha value is -2.87. The van der Waals surface area contributed by atoms with Crippen molar-refractivity contribution in [2.24, 2.45) is 0 Å². The Morgan fingerprint density at radius 2 is 1.68 bits per heavy atom. The van der Waals surface area contributed by atoms with Crippen LogP contribution in [0.4, 0.5) is 17.1 Å². The van der Waals surface area contributed by atoms with Gasteiger partial charge in [0.25, 0.3) is 5.91 Å². The number of hydrogen-bond acceptors (Lipinski definition) is 4. The van der Waals surface area contributed by atoms with E-state index in [-0.39, 0.29) is 23.6 Å². The van der Waals surface area contributed by atoms with Gasteiger partial charge >= 0.3 is 0 Å². The highest BCUT2D eigenvalue weighted by atomic mass is 32.2. The van der Waals surface area contributed by atoms with Crippen LogP contribution in [0.2, 0.25) is 0 Å². The molecule has 2 aromatic rings. The van der Waals surface area contributed by atoms with Crippen LogP contribution in [0.5, 0.6) is 0 Å². The first-order chi connectivity index (χ1) is 13.2. The smallest absolute Gasteiger partial charge is 0.255 e. The summed E-state index contributed by atoms with van der Waals surface area (Å²) in [5.74, 6) is -0.407. The minimum Gasteiger partial charge on any atom is -0.326 e. The van der Waals surface area contributed by atoms with E-state index < -0.39 is 10.0 Å². The van der Waals surface area contributed by atoms with Gasteiger partial charge in [0.05, 0.1) is 11.4 Å². The van der Waals surface area contributed by atoms with Gasteiger partial charge < -0.3 is 10.6 Å². The van der Waals surface area contributed by atoms with Crippen molar-refractivity contribution in [2.75, 3.05) is 20.7 Å². The lowest BCUT2D eigenvalue weighted by molar-refractivity contribution is -0.114. The van der Waals surface area contributed by atoms with Crippen molar-refractivity contribution in [1.82, 2.24) is 0 Å². The summed E-state index contributed by atoms with van der Waals surface area (Å²) in [5.41, 5.74) is 3.20. The molecule has 1 heterocycles. The molecule has 0 spiro atoms. The molecule has 0 aromatic heterocycles. The lowest BCUT2D eigenvalue weighted by atomic mass is 10.1. The van der Waals surface area contributed by atoms with Crippen molar-refractivity contribution in [1.29, 1.82) is 0 Å². The maximum atomic E-state index is 12.6. The first-order valence-corrected chi connectivity index (χ1v) is 10.7. The topological polar surface area (TPSA) is 95.6 Å². The average Bonchev–Trinajstić information content (AvgIpc) is 2.98. The number of nitrogens with one attached hydrogen (secondary N) is 2. The molecule has 1 atom stereocenters. The summed E-state index contributed by atoms with van der Waals surface area (Å²) in [4.78, 5) is 23.6. The fraction of sp³-hybridized carbons (Fsp3) is 0.300. The number of amides is 2. The van der Waals surface area contributed by atoms with Crippen LogP contribution >= 0.6 is 0 Å². The van der Waals surface area contributed by atoms with Gasteiger partial charge in [0.1, 0.15) is 0 Å². The van der Waals surface area contributed by atoms with E-state index in [4.69, 9.17) is 0 Å². The Balaban J connectivity index is 1.78. The van der Waals surface area contributed by atoms with Gasteiger partial charge in [-0.15, -0.1) is 0 Å². The number of anilines is 3. The fourth-order valence-electron chi connectivity index (χ4n) is 3.35. The first-order valence-electron chi connectivity index (χ1n) is 9.05. The molecule has 28 heavy (non-hydrogen) atoms. The third-order valence-electron chi connectivity index (χ3n) is 4.62. The number of carbonyl (C=O) groups excluding carboxylic acids is 2. The average molecular weight is 401 g/mol. The minimum absolute atomic E-state index is 0.0352. The van der Waals surface area contributed by atoms with Crippen molar-refractivity contribution in [2.45, 2.75) is 33.2 Å². The molecule has 2 aromatic carbocycles. The molecule has 0 unspecified atom stereocenters. The maximum Gasteiger partial charge on any atom is 0.255 e. The molecule has 0 bridgehead atoms. The molecule has 1 aliphatic rings. The van der Waals surface area contributed by atoms with Crippen molar-refractivity contribution >= 4 is 38.9 Å². The summed E-state index contributed by atoms with van der Waals surface area (Å²) in [6.45, 7) is 4.92. The predicted octanol–water partition coefficient (Wildman–Crippen LogP) is 3.00. The van der Waals surface area contributed by atoms with Crippen LogP contribution in [-0.2, 0) is 21.2 Å². The Bertz CT molecular complexity index is 1020. The standard InChI is InChI=1S/C20H23N3O4S/c1-4-28(26,27)23-13(2)11-16-12-15(5-10-19(16)23)20(25)22-18-8-6-17(7-9-18)21-14(3)24/h5-10,12-13H,4,11H2,1-3H3,(H,21,24)(H,22,25)/t13-/m0/s1. The number of sulfonamides is 1. The Morgan fingerprint density at radius 1 is 1.07 bits per heavy atom. The van der Waals surface area contributed by atoms with E-state index in [1.54, 1.807) is 49.4 Å². The lowest BCUT2D eigenvalue weighted by Gasteiger charge is -2.23. The number of rotatable bonds is 5. The number of carbonyl (C=O) groups is 2. The highest BCUT2D eigenvalue weighted by molar-refractivity contribution is 7.92. The number of hydrogen-bond donors (Lipinski definition) is 2. The van der Waals surface area contributed by atoms with Gasteiger partial charge in [-0.2, -0.15) is 0 Å². The van der Waals surface area contributed by atoms with E-state index in [1.807, 2.05) is 6.92 Å². The first kappa shape index (κ1) is 19.9. The summed E-state index contributed by atoms with van der Waals surface area (Å²) < 4.78 is 26.1. The summed E-state index contributed by atoms with van der Waals surface area (Å²) >= 11 is 0. The van der Waals surface area contributed by atoms with E-state index in [2.05, 4.69) is 10.6 Å². The predicted molar refractivity (Wildman–Crippen MR) is 110 cm³/mol. The van der Waals surface area contributed by atoms with Gasteiger partial charge in [-0.05, 0) is 68.3 Å². The van der Waals surface area contributed by atoms with Gasteiger partial charge in [0.2, 0.25) is 15.9 Å². The molecule has 148 valence electrons. The van der Waals surface area contributed by atoms with E-state index in [0.29, 0.717) is 29.0 Å². The summed E-state index contributed by atoms with van der Waals surface area (Å²) in [7, 11) is -3.35. The third kappa shape index (κ3) is 4.01. The monoisotopic (exact) mass is 401 g/mol. The highest BCUT2D eigenvalue weighted by Crippen LogP contribution is 2.35. The molecule has 1 aliphatic heterocycles. The number of fused-ring (bicyclic) bond motifs is 1. The number of nitrogens with zero attached hydrogens (tertiary/aromatic N) is 1. The zero-order chi connectivity index (χ0) is 20.5. The molecule has 2 amide bonds. The SMILES string of the molecule is CCS(=O)(=O)N1c2ccc(C(=O)Nc3ccc(NC(C)=O)cc3)cc2C[C@@H]1C. The minimum atomic E-state index is -3.35. The molecule has 0 saturated carbocycles. The zero-order valence-electron chi connectivity index (χ0n) is 16.0. The molecule has 0 aliphatic carbocycles. The van der Waals surface area contributed by atoms with E-state index >= 15 is 0 Å². The van der Waals surface area contributed by atoms with Gasteiger partial charge in [0, 0.05) is 29.9 Å². The Morgan fingerprint density at radius 3 is 2.25 bits per heavy atom. The van der Waals surface area contributed by atoms with Crippen LogP contribution in [0.25, 0.3) is 0 Å². The van der Waals surface area contributed by atoms with Crippen molar-refractivity contribution < 1.29 is 18.0 Å². The molecule has 0 fully saturated rings. The lowest BCUT2D eigenvalue weighted by Crippen LogP contribution is -2.36. The highest BCUT2D eigenvalue weighted by Gasteiger charge is 2.34. The van der Waals surface area contributed by atoms with Gasteiger partial charge in [-0.1, -0.05) is 0 Å². The van der Waals surface area contributed by atoms with E-state index in [9.17, 15) is 18.0 Å². The van der Waals surface area contributed by atoms with Crippen LogP contribution in [-0.4, -0.2) is 32.0 Å². The molecular formula is C20H23N3O4S. The summed E-state index contributed by atoms with van der Waals surface area (Å²) in [6, 6.07) is 11.7. The zero-order valence-corrected chi connectivity index (χ0v) is 16.8. The second-order valence-electron chi connectivity index (χ2n) is 6.81. The van der Waals surface area contributed by atoms with Crippen LogP contribution < -0.4 is 14.9 Å². The van der Waals surface area contributed by atoms with E-state index in [1.165, 1.54) is 11.2 Å². The van der Waals surface area contributed by atoms with Gasteiger partial charge in [-0.25, -0.2) is 8.42 Å². The normalized spacial score (nSPS) is 15.8. The van der Waals surface area contributed by atoms with Crippen molar-refractivity contribution in [3.63, 3.8) is 0 Å². The van der Waals surface area contributed by atoms with Gasteiger partial charge in [0.15, 0.2) is 0 Å². The van der Waals surface area contributed by atoms with Crippen molar-refractivity contribution in [3.05, 3.63) is 53.6 Å². The maximum absolute atomic E-state index is 12.6. The number of benzene rings is 2. The van der Waals surface area contributed by atoms with Crippen LogP contribution in [0.3, 0.4) is 0 Å². The molecule has 7 nitrogen and oxygen atoms in total. The molecule has 8 heteroatoms. The quantitative estimate of drug-likeness (QED) is 0.805. The second kappa shape index (κ2) is 7.63. The Labute approximate surface area is 164 Å². The third-order valence-corrected chi connectivity index (χ3v) is 6.51. The molecular weight excluding hydrogens is 378 g/mol. The summed E-state index contributed by atoms with van der Waals surface area (Å²) in [5, 5.41) is 5.48. The van der Waals surface area contributed by atoms with Crippen molar-refractivity contribution in [3.8, 4) is 0 Å². The Kier molecular flexibility index (Phi) is 5.42. The molecule has 3 rings (SSSR count). The molecule has 2 N–H and O–H groups in total. The van der Waals surface area contributed by atoms with Gasteiger partial charge in [-0.3, -0.25) is 13.9 Å². The summed E-state index contributed by atoms with van der Waals surface area (Å²) in [6.07, 6.45) is 0.571. The fourth-order valence-corrected chi connectivity index (χ4v) is 4.73. The van der Waals surface area contributed by atoms with Crippen LogP contribution in [0.1, 0.15) is 36.7 Å². The largest absolute Gasteiger partial charge is 0.326 e. The molecule has 0 radical (unpaired) electrons. The second-order valence-corrected chi connectivity index (χ2v) is 8.94. The van der Waals surface area contributed by atoms with E-state index in [0.717, 1.165) is 5.56 Å².